The van der Waals surface area contributed by atoms with Gasteiger partial charge in [0.25, 0.3) is 5.91 Å². The lowest BCUT2D eigenvalue weighted by Gasteiger charge is -2.05. The van der Waals surface area contributed by atoms with Crippen LogP contribution in [0.3, 0.4) is 0 Å². The summed E-state index contributed by atoms with van der Waals surface area (Å²) in [4.78, 5) is 12.6. The highest BCUT2D eigenvalue weighted by Gasteiger charge is 2.20. The van der Waals surface area contributed by atoms with Crippen molar-refractivity contribution < 1.29 is 13.6 Å². The van der Waals surface area contributed by atoms with E-state index < -0.39 is 17.5 Å². The first-order valence-electron chi connectivity index (χ1n) is 5.76. The molecule has 1 aromatic heterocycles. The Hall–Kier alpha value is -2.06. The minimum absolute atomic E-state index is 0.105. The highest BCUT2D eigenvalue weighted by Crippen LogP contribution is 2.31. The molecule has 1 aromatic carbocycles. The molecule has 110 valence electrons. The van der Waals surface area contributed by atoms with Gasteiger partial charge in [0.05, 0.1) is 9.88 Å². The normalized spacial score (nSPS) is 10.4. The van der Waals surface area contributed by atoms with Gasteiger partial charge in [0, 0.05) is 17.3 Å². The summed E-state index contributed by atoms with van der Waals surface area (Å²) >= 11 is 5.91. The minimum atomic E-state index is -1.04. The van der Waals surface area contributed by atoms with Crippen molar-refractivity contribution in [3.63, 3.8) is 0 Å². The minimum Gasteiger partial charge on any atom is -0.390 e. The Morgan fingerprint density at radius 2 is 2.00 bits per heavy atom. The SMILES string of the molecule is Cc1c(C(=O)Nc2ccc(F)c(F)c2)sc(N)c1C(N)=S. The first-order chi connectivity index (χ1) is 9.81. The first kappa shape index (κ1) is 15.3. The molecule has 0 radical (unpaired) electrons. The van der Waals surface area contributed by atoms with Crippen LogP contribution in [0.5, 0.6) is 0 Å². The molecule has 0 aliphatic rings. The van der Waals surface area contributed by atoms with E-state index in [2.05, 4.69) is 5.32 Å². The highest BCUT2D eigenvalue weighted by molar-refractivity contribution is 7.80. The van der Waals surface area contributed by atoms with Crippen molar-refractivity contribution in [1.82, 2.24) is 0 Å². The maximum absolute atomic E-state index is 13.1. The van der Waals surface area contributed by atoms with E-state index in [1.807, 2.05) is 0 Å². The highest BCUT2D eigenvalue weighted by atomic mass is 32.1. The molecule has 4 nitrogen and oxygen atoms in total. The molecule has 0 atom stereocenters. The van der Waals surface area contributed by atoms with Crippen LogP contribution in [0.1, 0.15) is 20.8 Å². The van der Waals surface area contributed by atoms with E-state index in [1.54, 1.807) is 6.92 Å². The number of rotatable bonds is 3. The predicted molar refractivity (Wildman–Crippen MR) is 83.7 cm³/mol. The number of nitrogen functional groups attached to an aromatic ring is 1. The van der Waals surface area contributed by atoms with Crippen LogP contribution in [0.25, 0.3) is 0 Å². The number of amides is 1. The smallest absolute Gasteiger partial charge is 0.266 e. The quantitative estimate of drug-likeness (QED) is 0.757. The molecule has 0 fully saturated rings. The third-order valence-corrected chi connectivity index (χ3v) is 4.13. The zero-order valence-electron chi connectivity index (χ0n) is 10.9. The summed E-state index contributed by atoms with van der Waals surface area (Å²) in [6.45, 7) is 1.67. The molecule has 0 aliphatic carbocycles. The van der Waals surface area contributed by atoms with Gasteiger partial charge in [-0.2, -0.15) is 0 Å². The number of carbonyl (C=O) groups excluding carboxylic acids is 1. The second kappa shape index (κ2) is 5.74. The lowest BCUT2D eigenvalue weighted by atomic mass is 10.1. The standard InChI is InChI=1S/C13H11F2N3OS2/c1-5-9(11(16)20)12(17)21-10(5)13(19)18-6-2-3-7(14)8(15)4-6/h2-4H,17H2,1H3,(H2,16,20)(H,18,19). The van der Waals surface area contributed by atoms with Gasteiger partial charge in [-0.25, -0.2) is 8.78 Å². The van der Waals surface area contributed by atoms with Gasteiger partial charge in [0.1, 0.15) is 4.99 Å². The third-order valence-electron chi connectivity index (χ3n) is 2.80. The monoisotopic (exact) mass is 327 g/mol. The number of hydrogen-bond acceptors (Lipinski definition) is 4. The average molecular weight is 327 g/mol. The van der Waals surface area contributed by atoms with Gasteiger partial charge in [-0.05, 0) is 24.6 Å². The van der Waals surface area contributed by atoms with Gasteiger partial charge >= 0.3 is 0 Å². The van der Waals surface area contributed by atoms with E-state index in [4.69, 9.17) is 23.7 Å². The van der Waals surface area contributed by atoms with Crippen molar-refractivity contribution >= 4 is 45.1 Å². The van der Waals surface area contributed by atoms with Gasteiger partial charge in [-0.3, -0.25) is 4.79 Å². The number of benzene rings is 1. The van der Waals surface area contributed by atoms with E-state index in [0.29, 0.717) is 21.0 Å². The number of hydrogen-bond donors (Lipinski definition) is 3. The molecule has 0 saturated carbocycles. The number of thiocarbonyl (C=S) groups is 1. The number of thiophene rings is 1. The zero-order valence-corrected chi connectivity index (χ0v) is 12.5. The molecule has 5 N–H and O–H groups in total. The Morgan fingerprint density at radius 3 is 2.52 bits per heavy atom. The van der Waals surface area contributed by atoms with E-state index >= 15 is 0 Å². The molecule has 0 bridgehead atoms. The zero-order chi connectivity index (χ0) is 15.7. The van der Waals surface area contributed by atoms with Gasteiger partial charge in [-0.1, -0.05) is 12.2 Å². The number of anilines is 2. The fourth-order valence-electron chi connectivity index (χ4n) is 1.82. The van der Waals surface area contributed by atoms with Crippen molar-refractivity contribution in [2.24, 2.45) is 5.73 Å². The van der Waals surface area contributed by atoms with Crippen molar-refractivity contribution in [2.75, 3.05) is 11.1 Å². The summed E-state index contributed by atoms with van der Waals surface area (Å²) in [5, 5.41) is 2.81. The van der Waals surface area contributed by atoms with Crippen molar-refractivity contribution in [3.8, 4) is 0 Å². The van der Waals surface area contributed by atoms with Gasteiger partial charge in [-0.15, -0.1) is 11.3 Å². The van der Waals surface area contributed by atoms with Crippen molar-refractivity contribution in [2.45, 2.75) is 6.92 Å². The predicted octanol–water partition coefficient (Wildman–Crippen LogP) is 2.80. The molecule has 8 heteroatoms. The molecular weight excluding hydrogens is 316 g/mol. The summed E-state index contributed by atoms with van der Waals surface area (Å²) in [7, 11) is 0. The summed E-state index contributed by atoms with van der Waals surface area (Å²) in [6, 6.07) is 3.09. The van der Waals surface area contributed by atoms with Crippen LogP contribution in [0, 0.1) is 18.6 Å². The van der Waals surface area contributed by atoms with Gasteiger partial charge < -0.3 is 16.8 Å². The Morgan fingerprint density at radius 1 is 1.33 bits per heavy atom. The van der Waals surface area contributed by atoms with E-state index in [9.17, 15) is 13.6 Å². The summed E-state index contributed by atoms with van der Waals surface area (Å²) in [5.74, 6) is -2.52. The first-order valence-corrected chi connectivity index (χ1v) is 6.98. The molecule has 2 aromatic rings. The number of carbonyl (C=O) groups is 1. The number of nitrogens with one attached hydrogen (secondary N) is 1. The van der Waals surface area contributed by atoms with Crippen LogP contribution in [0.15, 0.2) is 18.2 Å². The van der Waals surface area contributed by atoms with Gasteiger partial charge in [0.2, 0.25) is 0 Å². The van der Waals surface area contributed by atoms with E-state index in [-0.39, 0.29) is 10.7 Å². The molecular formula is C13H11F2N3OS2. The average Bonchev–Trinajstić information content (AvgIpc) is 2.69. The molecule has 2 rings (SSSR count). The lowest BCUT2D eigenvalue weighted by molar-refractivity contribution is 0.103. The molecule has 0 unspecified atom stereocenters. The lowest BCUT2D eigenvalue weighted by Crippen LogP contribution is -2.14. The summed E-state index contributed by atoms with van der Waals surface area (Å²) < 4.78 is 25.9. The molecule has 0 saturated heterocycles. The van der Waals surface area contributed by atoms with Crippen LogP contribution in [-0.2, 0) is 0 Å². The molecule has 1 amide bonds. The van der Waals surface area contributed by atoms with Crippen LogP contribution in [0.2, 0.25) is 0 Å². The van der Waals surface area contributed by atoms with Crippen LogP contribution in [-0.4, -0.2) is 10.9 Å². The largest absolute Gasteiger partial charge is 0.390 e. The fourth-order valence-corrected chi connectivity index (χ4v) is 3.13. The summed E-state index contributed by atoms with van der Waals surface area (Å²) in [5.41, 5.74) is 12.5. The Bertz CT molecular complexity index is 743. The molecule has 21 heavy (non-hydrogen) atoms. The Balaban J connectivity index is 2.31. The number of halogens is 2. The second-order valence-corrected chi connectivity index (χ2v) is 5.73. The van der Waals surface area contributed by atoms with Gasteiger partial charge in [0.15, 0.2) is 11.6 Å². The number of nitrogens with two attached hydrogens (primary N) is 2. The van der Waals surface area contributed by atoms with Crippen molar-refractivity contribution in [1.29, 1.82) is 0 Å². The second-order valence-electron chi connectivity index (χ2n) is 4.24. The Labute approximate surface area is 128 Å². The van der Waals surface area contributed by atoms with Crippen LogP contribution < -0.4 is 16.8 Å². The maximum Gasteiger partial charge on any atom is 0.266 e. The molecule has 0 aliphatic heterocycles. The van der Waals surface area contributed by atoms with Crippen LogP contribution >= 0.6 is 23.6 Å². The van der Waals surface area contributed by atoms with Crippen LogP contribution in [0.4, 0.5) is 19.5 Å². The van der Waals surface area contributed by atoms with E-state index in [1.165, 1.54) is 6.07 Å². The Kier molecular flexibility index (Phi) is 4.19. The van der Waals surface area contributed by atoms with E-state index in [0.717, 1.165) is 23.5 Å². The molecule has 0 spiro atoms. The maximum atomic E-state index is 13.1. The summed E-state index contributed by atoms with van der Waals surface area (Å²) in [6.07, 6.45) is 0. The molecule has 1 heterocycles. The topological polar surface area (TPSA) is 81.1 Å². The third kappa shape index (κ3) is 3.01. The fraction of sp³-hybridized carbons (Fsp3) is 0.0769. The van der Waals surface area contributed by atoms with Crippen molar-refractivity contribution in [3.05, 3.63) is 45.8 Å².